The molecule has 0 bridgehead atoms. The Balaban J connectivity index is 1.08. The summed E-state index contributed by atoms with van der Waals surface area (Å²) < 4.78 is 54.8. The molecule has 10 nitrogen and oxygen atoms in total. The maximum Gasteiger partial charge on any atom is 0.421 e. The van der Waals surface area contributed by atoms with E-state index in [1.165, 1.54) is 5.06 Å². The first-order valence-electron chi connectivity index (χ1n) is 17.1. The van der Waals surface area contributed by atoms with Crippen LogP contribution in [0.2, 0.25) is 0 Å². The van der Waals surface area contributed by atoms with Crippen LogP contribution in [0.3, 0.4) is 0 Å². The van der Waals surface area contributed by atoms with E-state index in [-0.39, 0.29) is 18.4 Å². The SMILES string of the molecule is COc1cc(Nc2ncc(C(F)(F)F)c(N3OCC[C@H]3c3cccc(Oc4ccccc4)c3)n2)ccc1N1CCC(N2CCN(C)CC2)CC1. The summed E-state index contributed by atoms with van der Waals surface area (Å²) in [5.74, 6) is 1.54. The number of piperidine rings is 1. The lowest BCUT2D eigenvalue weighted by Crippen LogP contribution is -2.52. The number of hydroxylamine groups is 1. The molecule has 264 valence electrons. The van der Waals surface area contributed by atoms with Gasteiger partial charge in [-0.15, -0.1) is 0 Å². The molecule has 1 aromatic heterocycles. The lowest BCUT2D eigenvalue weighted by Gasteiger charge is -2.42. The summed E-state index contributed by atoms with van der Waals surface area (Å²) in [6, 6.07) is 22.3. The summed E-state index contributed by atoms with van der Waals surface area (Å²) in [4.78, 5) is 21.6. The second-order valence-corrected chi connectivity index (χ2v) is 12.9. The van der Waals surface area contributed by atoms with Crippen molar-refractivity contribution in [1.29, 1.82) is 0 Å². The van der Waals surface area contributed by atoms with Crippen molar-refractivity contribution in [1.82, 2.24) is 19.8 Å². The van der Waals surface area contributed by atoms with Gasteiger partial charge in [0, 0.05) is 69.7 Å². The molecule has 0 amide bonds. The van der Waals surface area contributed by atoms with Gasteiger partial charge in [0.25, 0.3) is 0 Å². The van der Waals surface area contributed by atoms with Crippen LogP contribution in [0, 0.1) is 0 Å². The number of likely N-dealkylation sites (N-methyl/N-ethyl adjacent to an activating group) is 1. The zero-order valence-electron chi connectivity index (χ0n) is 28.3. The predicted molar refractivity (Wildman–Crippen MR) is 186 cm³/mol. The number of ether oxygens (including phenoxy) is 2. The molecule has 0 spiro atoms. The Kier molecular flexibility index (Phi) is 9.97. The van der Waals surface area contributed by atoms with Crippen molar-refractivity contribution < 1.29 is 27.5 Å². The molecule has 7 rings (SSSR count). The van der Waals surface area contributed by atoms with Crippen molar-refractivity contribution in [2.24, 2.45) is 0 Å². The van der Waals surface area contributed by atoms with Crippen molar-refractivity contribution in [2.45, 2.75) is 37.5 Å². The normalized spacial score (nSPS) is 19.5. The highest BCUT2D eigenvalue weighted by Gasteiger charge is 2.41. The maximum absolute atomic E-state index is 14.3. The third-order valence-electron chi connectivity index (χ3n) is 9.70. The summed E-state index contributed by atoms with van der Waals surface area (Å²) in [6.45, 7) is 6.50. The van der Waals surface area contributed by atoms with Crippen LogP contribution in [0.1, 0.15) is 36.4 Å². The van der Waals surface area contributed by atoms with Gasteiger partial charge in [-0.1, -0.05) is 30.3 Å². The molecule has 0 aliphatic carbocycles. The number of piperazine rings is 1. The van der Waals surface area contributed by atoms with Gasteiger partial charge in [0.1, 0.15) is 22.8 Å². The van der Waals surface area contributed by atoms with Crippen LogP contribution in [-0.2, 0) is 11.0 Å². The number of rotatable bonds is 9. The highest BCUT2D eigenvalue weighted by Crippen LogP contribution is 2.43. The van der Waals surface area contributed by atoms with Gasteiger partial charge in [-0.05, 0) is 61.9 Å². The first-order valence-corrected chi connectivity index (χ1v) is 17.1. The molecule has 3 saturated heterocycles. The van der Waals surface area contributed by atoms with Gasteiger partial charge in [0.2, 0.25) is 5.95 Å². The topological polar surface area (TPSA) is 78.5 Å². The maximum atomic E-state index is 14.3. The Morgan fingerprint density at radius 3 is 2.36 bits per heavy atom. The third kappa shape index (κ3) is 7.59. The number of hydrogen-bond acceptors (Lipinski definition) is 10. The van der Waals surface area contributed by atoms with E-state index in [0.29, 0.717) is 35.4 Å². The fourth-order valence-corrected chi connectivity index (χ4v) is 7.00. The standard InChI is InChI=1S/C37H42F3N7O3/c1-44-18-20-45(21-19-44)28-13-16-46(17-14-28)33-12-11-27(24-34(33)48-2)42-36-41-25-31(37(38,39)40)35(43-36)47-32(15-22-49-47)26-7-6-10-30(23-26)50-29-8-4-3-5-9-29/h3-12,23-25,28,32H,13-22H2,1-2H3,(H,41,42,43)/t32-/m0/s1. The molecule has 50 heavy (non-hydrogen) atoms. The van der Waals surface area contributed by atoms with E-state index in [2.05, 4.69) is 37.0 Å². The van der Waals surface area contributed by atoms with Gasteiger partial charge in [-0.3, -0.25) is 9.74 Å². The number of anilines is 4. The van der Waals surface area contributed by atoms with Crippen molar-refractivity contribution >= 4 is 23.1 Å². The number of benzene rings is 3. The lowest BCUT2D eigenvalue weighted by atomic mass is 10.0. The van der Waals surface area contributed by atoms with Crippen LogP contribution in [-0.4, -0.2) is 85.8 Å². The molecular weight excluding hydrogens is 647 g/mol. The summed E-state index contributed by atoms with van der Waals surface area (Å²) in [6.07, 6.45) is -1.28. The first-order chi connectivity index (χ1) is 24.2. The molecule has 3 aliphatic rings. The lowest BCUT2D eigenvalue weighted by molar-refractivity contribution is -0.138. The second kappa shape index (κ2) is 14.7. The molecular formula is C37H42F3N7O3. The molecule has 3 aromatic carbocycles. The monoisotopic (exact) mass is 689 g/mol. The van der Waals surface area contributed by atoms with Gasteiger partial charge in [-0.2, -0.15) is 18.2 Å². The van der Waals surface area contributed by atoms with Gasteiger partial charge < -0.3 is 24.6 Å². The number of alkyl halides is 3. The minimum atomic E-state index is -4.70. The molecule has 4 heterocycles. The molecule has 0 unspecified atom stereocenters. The Morgan fingerprint density at radius 1 is 0.860 bits per heavy atom. The Labute approximate surface area is 290 Å². The molecule has 0 saturated carbocycles. The summed E-state index contributed by atoms with van der Waals surface area (Å²) >= 11 is 0. The van der Waals surface area contributed by atoms with Crippen molar-refractivity contribution in [3.8, 4) is 17.2 Å². The van der Waals surface area contributed by atoms with Crippen LogP contribution in [0.25, 0.3) is 0 Å². The minimum Gasteiger partial charge on any atom is -0.495 e. The van der Waals surface area contributed by atoms with Crippen LogP contribution in [0.5, 0.6) is 17.2 Å². The fourth-order valence-electron chi connectivity index (χ4n) is 7.00. The van der Waals surface area contributed by atoms with E-state index in [9.17, 15) is 13.2 Å². The average Bonchev–Trinajstić information content (AvgIpc) is 3.62. The average molecular weight is 690 g/mol. The third-order valence-corrected chi connectivity index (χ3v) is 9.70. The number of halogens is 3. The summed E-state index contributed by atoms with van der Waals surface area (Å²) in [5, 5.41) is 4.34. The Bertz CT molecular complexity index is 1750. The van der Waals surface area contributed by atoms with Gasteiger partial charge in [-0.25, -0.2) is 10.0 Å². The van der Waals surface area contributed by atoms with Crippen LogP contribution < -0.4 is 24.8 Å². The van der Waals surface area contributed by atoms with Crippen LogP contribution in [0.4, 0.5) is 36.3 Å². The minimum absolute atomic E-state index is 0.00575. The van der Waals surface area contributed by atoms with E-state index in [1.54, 1.807) is 13.2 Å². The Hall–Kier alpha value is -4.59. The number of nitrogens with zero attached hydrogens (tertiary/aromatic N) is 6. The number of nitrogens with one attached hydrogen (secondary N) is 1. The van der Waals surface area contributed by atoms with Crippen molar-refractivity contribution in [3.05, 3.63) is 90.1 Å². The molecule has 13 heteroatoms. The van der Waals surface area contributed by atoms with E-state index in [1.807, 2.05) is 66.7 Å². The zero-order chi connectivity index (χ0) is 34.7. The van der Waals surface area contributed by atoms with E-state index < -0.39 is 17.8 Å². The van der Waals surface area contributed by atoms with E-state index in [0.717, 1.165) is 69.6 Å². The van der Waals surface area contributed by atoms with Gasteiger partial charge in [0.15, 0.2) is 5.82 Å². The number of para-hydroxylation sites is 1. The molecule has 0 radical (unpaired) electrons. The van der Waals surface area contributed by atoms with Crippen molar-refractivity contribution in [3.63, 3.8) is 0 Å². The number of methoxy groups -OCH3 is 1. The summed E-state index contributed by atoms with van der Waals surface area (Å²) in [7, 11) is 3.80. The number of hydrogen-bond donors (Lipinski definition) is 1. The largest absolute Gasteiger partial charge is 0.495 e. The van der Waals surface area contributed by atoms with Crippen LogP contribution in [0.15, 0.2) is 79.0 Å². The predicted octanol–water partition coefficient (Wildman–Crippen LogP) is 7.14. The smallest absolute Gasteiger partial charge is 0.421 e. The fraction of sp³-hybridized carbons (Fsp3) is 0.405. The van der Waals surface area contributed by atoms with Crippen LogP contribution >= 0.6 is 0 Å². The zero-order valence-corrected chi connectivity index (χ0v) is 28.3. The Morgan fingerprint density at radius 2 is 1.62 bits per heavy atom. The molecule has 1 atom stereocenters. The van der Waals surface area contributed by atoms with Gasteiger partial charge >= 0.3 is 6.18 Å². The highest BCUT2D eigenvalue weighted by molar-refractivity contribution is 5.68. The van der Waals surface area contributed by atoms with Crippen molar-refractivity contribution in [2.75, 3.05) is 75.3 Å². The van der Waals surface area contributed by atoms with E-state index >= 15 is 0 Å². The highest BCUT2D eigenvalue weighted by atomic mass is 19.4. The first kappa shape index (κ1) is 33.9. The second-order valence-electron chi connectivity index (χ2n) is 12.9. The molecule has 1 N–H and O–H groups in total. The molecule has 4 aromatic rings. The molecule has 3 fully saturated rings. The summed E-state index contributed by atoms with van der Waals surface area (Å²) in [5.41, 5.74) is 1.33. The van der Waals surface area contributed by atoms with E-state index in [4.69, 9.17) is 14.3 Å². The molecule has 3 aliphatic heterocycles. The quantitative estimate of drug-likeness (QED) is 0.196. The number of aromatic nitrogens is 2. The van der Waals surface area contributed by atoms with Gasteiger partial charge in [0.05, 0.1) is 25.4 Å².